The molecule has 0 spiro atoms. The highest BCUT2D eigenvalue weighted by Crippen LogP contribution is 2.31. The van der Waals surface area contributed by atoms with E-state index in [4.69, 9.17) is 14.2 Å². The maximum absolute atomic E-state index is 5.75. The first-order valence-corrected chi connectivity index (χ1v) is 9.34. The molecule has 1 aliphatic heterocycles. The van der Waals surface area contributed by atoms with Gasteiger partial charge in [-0.2, -0.15) is 0 Å². The molecular formula is C19H21N3O2S. The molecule has 0 aliphatic carbocycles. The van der Waals surface area contributed by atoms with Gasteiger partial charge in [0.25, 0.3) is 0 Å². The summed E-state index contributed by atoms with van der Waals surface area (Å²) in [7, 11) is 0. The normalized spacial score (nSPS) is 18.6. The molecule has 2 aromatic heterocycles. The van der Waals surface area contributed by atoms with Crippen LogP contribution in [0.15, 0.2) is 40.2 Å². The highest BCUT2D eigenvalue weighted by molar-refractivity contribution is 7.13. The molecule has 1 aromatic carbocycles. The number of hydrogen-bond donors (Lipinski definition) is 0. The maximum atomic E-state index is 5.75. The SMILES string of the molecule is Cc1noc(C)c1CN1CCOC[C@@H]1c1csc(-c2ccccc2)n1. The molecule has 25 heavy (non-hydrogen) atoms. The lowest BCUT2D eigenvalue weighted by molar-refractivity contribution is -0.0142. The van der Waals surface area contributed by atoms with Crippen molar-refractivity contribution in [1.29, 1.82) is 0 Å². The molecule has 1 saturated heterocycles. The zero-order valence-electron chi connectivity index (χ0n) is 14.4. The van der Waals surface area contributed by atoms with E-state index >= 15 is 0 Å². The molecule has 0 unspecified atom stereocenters. The summed E-state index contributed by atoms with van der Waals surface area (Å²) in [6.07, 6.45) is 0. The third-order valence-electron chi connectivity index (χ3n) is 4.67. The topological polar surface area (TPSA) is 51.4 Å². The van der Waals surface area contributed by atoms with Crippen LogP contribution in [0.25, 0.3) is 10.6 Å². The van der Waals surface area contributed by atoms with Gasteiger partial charge in [-0.25, -0.2) is 4.98 Å². The number of thiazole rings is 1. The minimum Gasteiger partial charge on any atom is -0.378 e. The predicted molar refractivity (Wildman–Crippen MR) is 97.5 cm³/mol. The van der Waals surface area contributed by atoms with Gasteiger partial charge < -0.3 is 9.26 Å². The van der Waals surface area contributed by atoms with Crippen LogP contribution in [0, 0.1) is 13.8 Å². The van der Waals surface area contributed by atoms with Crippen LogP contribution in [0.4, 0.5) is 0 Å². The van der Waals surface area contributed by atoms with E-state index in [9.17, 15) is 0 Å². The van der Waals surface area contributed by atoms with Gasteiger partial charge in [0.1, 0.15) is 10.8 Å². The van der Waals surface area contributed by atoms with Crippen LogP contribution in [0.3, 0.4) is 0 Å². The minimum absolute atomic E-state index is 0.163. The van der Waals surface area contributed by atoms with E-state index in [0.29, 0.717) is 6.61 Å². The summed E-state index contributed by atoms with van der Waals surface area (Å²) in [5, 5.41) is 7.29. The van der Waals surface area contributed by atoms with Crippen molar-refractivity contribution in [3.63, 3.8) is 0 Å². The summed E-state index contributed by atoms with van der Waals surface area (Å²) in [4.78, 5) is 7.30. The van der Waals surface area contributed by atoms with Crippen molar-refractivity contribution in [2.24, 2.45) is 0 Å². The van der Waals surface area contributed by atoms with Gasteiger partial charge >= 0.3 is 0 Å². The minimum atomic E-state index is 0.163. The molecule has 3 aromatic rings. The number of morpholine rings is 1. The van der Waals surface area contributed by atoms with E-state index in [1.165, 1.54) is 5.56 Å². The summed E-state index contributed by atoms with van der Waals surface area (Å²) in [5.74, 6) is 0.894. The highest BCUT2D eigenvalue weighted by atomic mass is 32.1. The van der Waals surface area contributed by atoms with Gasteiger partial charge in [0, 0.05) is 29.6 Å². The quantitative estimate of drug-likeness (QED) is 0.708. The molecule has 0 saturated carbocycles. The van der Waals surface area contributed by atoms with Crippen molar-refractivity contribution in [2.75, 3.05) is 19.8 Å². The molecule has 5 nitrogen and oxygen atoms in total. The van der Waals surface area contributed by atoms with Gasteiger partial charge in [-0.1, -0.05) is 35.5 Å². The Balaban J connectivity index is 1.58. The lowest BCUT2D eigenvalue weighted by Gasteiger charge is -2.34. The van der Waals surface area contributed by atoms with Gasteiger partial charge in [0.05, 0.1) is 30.6 Å². The molecule has 130 valence electrons. The van der Waals surface area contributed by atoms with E-state index in [1.807, 2.05) is 32.0 Å². The highest BCUT2D eigenvalue weighted by Gasteiger charge is 2.28. The number of aryl methyl sites for hydroxylation is 2. The number of benzene rings is 1. The van der Waals surface area contributed by atoms with Gasteiger partial charge in [0.2, 0.25) is 0 Å². The number of ether oxygens (including phenoxy) is 1. The number of aromatic nitrogens is 2. The Kier molecular flexibility index (Phi) is 4.65. The van der Waals surface area contributed by atoms with Gasteiger partial charge in [-0.05, 0) is 13.8 Å². The summed E-state index contributed by atoms with van der Waals surface area (Å²) in [6.45, 7) is 7.08. The molecule has 0 amide bonds. The van der Waals surface area contributed by atoms with E-state index < -0.39 is 0 Å². The van der Waals surface area contributed by atoms with Crippen molar-refractivity contribution in [3.8, 4) is 10.6 Å². The van der Waals surface area contributed by atoms with E-state index in [-0.39, 0.29) is 6.04 Å². The van der Waals surface area contributed by atoms with Crippen LogP contribution < -0.4 is 0 Å². The van der Waals surface area contributed by atoms with Crippen molar-refractivity contribution in [3.05, 3.63) is 58.4 Å². The summed E-state index contributed by atoms with van der Waals surface area (Å²) in [6, 6.07) is 10.5. The van der Waals surface area contributed by atoms with E-state index in [1.54, 1.807) is 11.3 Å². The third-order valence-corrected chi connectivity index (χ3v) is 5.58. The third kappa shape index (κ3) is 3.38. The smallest absolute Gasteiger partial charge is 0.138 e. The maximum Gasteiger partial charge on any atom is 0.138 e. The lowest BCUT2D eigenvalue weighted by atomic mass is 10.1. The molecule has 0 bridgehead atoms. The average molecular weight is 355 g/mol. The predicted octanol–water partition coefficient (Wildman–Crippen LogP) is 3.99. The Hall–Kier alpha value is -2.02. The average Bonchev–Trinajstić information content (AvgIpc) is 3.26. The Labute approximate surface area is 151 Å². The summed E-state index contributed by atoms with van der Waals surface area (Å²) >= 11 is 1.69. The van der Waals surface area contributed by atoms with E-state index in [0.717, 1.165) is 47.4 Å². The Bertz CT molecular complexity index is 824. The van der Waals surface area contributed by atoms with Crippen LogP contribution in [0.1, 0.15) is 28.8 Å². The second kappa shape index (κ2) is 7.07. The largest absolute Gasteiger partial charge is 0.378 e. The molecule has 0 radical (unpaired) electrons. The molecule has 0 N–H and O–H groups in total. The number of rotatable bonds is 4. The first-order valence-electron chi connectivity index (χ1n) is 8.47. The zero-order valence-corrected chi connectivity index (χ0v) is 15.3. The second-order valence-corrected chi connectivity index (χ2v) is 7.17. The van der Waals surface area contributed by atoms with Gasteiger partial charge in [-0.3, -0.25) is 4.90 Å². The molecule has 6 heteroatoms. The number of hydrogen-bond acceptors (Lipinski definition) is 6. The van der Waals surface area contributed by atoms with E-state index in [2.05, 4.69) is 27.6 Å². The van der Waals surface area contributed by atoms with Crippen molar-refractivity contribution in [2.45, 2.75) is 26.4 Å². The molecule has 4 rings (SSSR count). The standard InChI is InChI=1S/C19H21N3O2S/c1-13-16(14(2)24-21-13)10-22-8-9-23-11-18(22)17-12-25-19(20-17)15-6-4-3-5-7-15/h3-7,12,18H,8-11H2,1-2H3/t18-/m1/s1. The molecule has 1 fully saturated rings. The molecular weight excluding hydrogens is 334 g/mol. The Morgan fingerprint density at radius 2 is 2.08 bits per heavy atom. The summed E-state index contributed by atoms with van der Waals surface area (Å²) in [5.41, 5.74) is 4.37. The Morgan fingerprint density at radius 1 is 1.24 bits per heavy atom. The summed E-state index contributed by atoms with van der Waals surface area (Å²) < 4.78 is 11.1. The van der Waals surface area contributed by atoms with Crippen molar-refractivity contribution in [1.82, 2.24) is 15.0 Å². The second-order valence-electron chi connectivity index (χ2n) is 6.31. The van der Waals surface area contributed by atoms with Crippen molar-refractivity contribution < 1.29 is 9.26 Å². The van der Waals surface area contributed by atoms with Crippen LogP contribution in [0.2, 0.25) is 0 Å². The fourth-order valence-electron chi connectivity index (χ4n) is 3.18. The van der Waals surface area contributed by atoms with Crippen molar-refractivity contribution >= 4 is 11.3 Å². The first-order chi connectivity index (χ1) is 12.2. The zero-order chi connectivity index (χ0) is 17.2. The van der Waals surface area contributed by atoms with Crippen LogP contribution in [-0.4, -0.2) is 34.8 Å². The van der Waals surface area contributed by atoms with Gasteiger partial charge in [0.15, 0.2) is 0 Å². The van der Waals surface area contributed by atoms with Gasteiger partial charge in [-0.15, -0.1) is 11.3 Å². The first kappa shape index (κ1) is 16.4. The Morgan fingerprint density at radius 3 is 2.84 bits per heavy atom. The lowest BCUT2D eigenvalue weighted by Crippen LogP contribution is -2.39. The fraction of sp³-hybridized carbons (Fsp3) is 0.368. The number of nitrogens with zero attached hydrogens (tertiary/aromatic N) is 3. The fourth-order valence-corrected chi connectivity index (χ4v) is 4.06. The monoisotopic (exact) mass is 355 g/mol. The van der Waals surface area contributed by atoms with Crippen LogP contribution in [0.5, 0.6) is 0 Å². The molecule has 1 atom stereocenters. The van der Waals surface area contributed by atoms with Crippen LogP contribution >= 0.6 is 11.3 Å². The van der Waals surface area contributed by atoms with Crippen LogP contribution in [-0.2, 0) is 11.3 Å². The molecule has 3 heterocycles. The molecule has 1 aliphatic rings.